The fraction of sp³-hybridized carbons (Fsp3) is 0.476. The number of furan rings is 1. The maximum absolute atomic E-state index is 12.6. The summed E-state index contributed by atoms with van der Waals surface area (Å²) in [7, 11) is 0. The van der Waals surface area contributed by atoms with Gasteiger partial charge in [0.05, 0.1) is 11.8 Å². The Morgan fingerprint density at radius 2 is 2.12 bits per heavy atom. The maximum Gasteiger partial charge on any atom is 0.257 e. The van der Waals surface area contributed by atoms with Gasteiger partial charge in [0.1, 0.15) is 6.26 Å². The third-order valence-corrected chi connectivity index (χ3v) is 5.72. The lowest BCUT2D eigenvalue weighted by Gasteiger charge is -2.40. The van der Waals surface area contributed by atoms with Crippen LogP contribution in [0.2, 0.25) is 0 Å². The van der Waals surface area contributed by atoms with Gasteiger partial charge in [-0.3, -0.25) is 9.69 Å². The highest BCUT2D eigenvalue weighted by molar-refractivity contribution is 5.94. The quantitative estimate of drug-likeness (QED) is 0.856. The van der Waals surface area contributed by atoms with Gasteiger partial charge in [0.2, 0.25) is 0 Å². The Bertz CT molecular complexity index is 740. The Morgan fingerprint density at radius 1 is 1.20 bits per heavy atom. The Hall–Kier alpha value is -2.07. The van der Waals surface area contributed by atoms with Crippen LogP contribution in [0.25, 0.3) is 0 Å². The van der Waals surface area contributed by atoms with Gasteiger partial charge in [0.15, 0.2) is 0 Å². The van der Waals surface area contributed by atoms with E-state index >= 15 is 0 Å². The number of nitrogens with zero attached hydrogens (tertiary/aromatic N) is 2. The summed E-state index contributed by atoms with van der Waals surface area (Å²) in [6.45, 7) is 7.15. The van der Waals surface area contributed by atoms with Gasteiger partial charge in [-0.25, -0.2) is 0 Å². The van der Waals surface area contributed by atoms with Gasteiger partial charge in [0, 0.05) is 31.6 Å². The van der Waals surface area contributed by atoms with E-state index in [-0.39, 0.29) is 11.3 Å². The van der Waals surface area contributed by atoms with Crippen molar-refractivity contribution in [3.05, 3.63) is 59.5 Å². The highest BCUT2D eigenvalue weighted by atomic mass is 16.3. The first-order valence-electron chi connectivity index (χ1n) is 9.23. The van der Waals surface area contributed by atoms with Crippen molar-refractivity contribution < 1.29 is 9.21 Å². The van der Waals surface area contributed by atoms with Gasteiger partial charge in [-0.1, -0.05) is 29.8 Å². The van der Waals surface area contributed by atoms with Gasteiger partial charge in [-0.05, 0) is 44.4 Å². The molecule has 1 spiro atoms. The Kier molecular flexibility index (Phi) is 4.38. The van der Waals surface area contributed by atoms with Crippen LogP contribution in [-0.2, 0) is 6.54 Å². The molecule has 25 heavy (non-hydrogen) atoms. The SMILES string of the molecule is Cc1cccc(CN2CCCC3(CCN(C(=O)c4ccoc4)C3)C2)c1. The molecule has 2 aliphatic rings. The van der Waals surface area contributed by atoms with E-state index in [1.54, 1.807) is 18.6 Å². The van der Waals surface area contributed by atoms with E-state index in [1.165, 1.54) is 24.0 Å². The number of carbonyl (C=O) groups is 1. The molecular formula is C21H26N2O2. The molecule has 1 amide bonds. The lowest BCUT2D eigenvalue weighted by molar-refractivity contribution is 0.0675. The zero-order valence-electron chi connectivity index (χ0n) is 14.9. The van der Waals surface area contributed by atoms with E-state index in [0.717, 1.165) is 39.1 Å². The molecule has 132 valence electrons. The highest BCUT2D eigenvalue weighted by Crippen LogP contribution is 2.39. The first-order valence-corrected chi connectivity index (χ1v) is 9.23. The van der Waals surface area contributed by atoms with E-state index in [4.69, 9.17) is 4.42 Å². The smallest absolute Gasteiger partial charge is 0.257 e. The number of piperidine rings is 1. The van der Waals surface area contributed by atoms with Crippen molar-refractivity contribution in [3.8, 4) is 0 Å². The first kappa shape index (κ1) is 16.4. The van der Waals surface area contributed by atoms with E-state index in [9.17, 15) is 4.79 Å². The molecule has 2 aliphatic heterocycles. The second-order valence-electron chi connectivity index (χ2n) is 7.79. The van der Waals surface area contributed by atoms with Gasteiger partial charge >= 0.3 is 0 Å². The molecule has 0 aliphatic carbocycles. The number of likely N-dealkylation sites (tertiary alicyclic amines) is 2. The van der Waals surface area contributed by atoms with Crippen molar-refractivity contribution >= 4 is 5.91 Å². The van der Waals surface area contributed by atoms with Crippen molar-refractivity contribution in [2.45, 2.75) is 32.7 Å². The molecule has 4 heteroatoms. The Morgan fingerprint density at radius 3 is 2.92 bits per heavy atom. The van der Waals surface area contributed by atoms with Crippen LogP contribution in [0.3, 0.4) is 0 Å². The van der Waals surface area contributed by atoms with Crippen LogP contribution in [0.4, 0.5) is 0 Å². The number of benzene rings is 1. The average Bonchev–Trinajstić information content (AvgIpc) is 3.25. The Balaban J connectivity index is 1.41. The van der Waals surface area contributed by atoms with E-state index in [2.05, 4.69) is 36.1 Å². The van der Waals surface area contributed by atoms with Crippen molar-refractivity contribution in [2.75, 3.05) is 26.2 Å². The summed E-state index contributed by atoms with van der Waals surface area (Å²) in [6.07, 6.45) is 6.69. The fourth-order valence-electron chi connectivity index (χ4n) is 4.52. The summed E-state index contributed by atoms with van der Waals surface area (Å²) < 4.78 is 5.07. The number of hydrogen-bond acceptors (Lipinski definition) is 3. The molecule has 0 N–H and O–H groups in total. The highest BCUT2D eigenvalue weighted by Gasteiger charge is 2.42. The number of carbonyl (C=O) groups excluding carboxylic acids is 1. The Labute approximate surface area is 149 Å². The van der Waals surface area contributed by atoms with Gasteiger partial charge < -0.3 is 9.32 Å². The van der Waals surface area contributed by atoms with Gasteiger partial charge in [0.25, 0.3) is 5.91 Å². The topological polar surface area (TPSA) is 36.7 Å². The molecule has 4 nitrogen and oxygen atoms in total. The lowest BCUT2D eigenvalue weighted by Crippen LogP contribution is -2.45. The minimum absolute atomic E-state index is 0.112. The number of aryl methyl sites for hydroxylation is 1. The van der Waals surface area contributed by atoms with Gasteiger partial charge in [-0.2, -0.15) is 0 Å². The van der Waals surface area contributed by atoms with Crippen molar-refractivity contribution in [3.63, 3.8) is 0 Å². The summed E-state index contributed by atoms with van der Waals surface area (Å²) in [6, 6.07) is 10.6. The van der Waals surface area contributed by atoms with Crippen LogP contribution >= 0.6 is 0 Å². The van der Waals surface area contributed by atoms with Crippen molar-refractivity contribution in [1.29, 1.82) is 0 Å². The third kappa shape index (κ3) is 3.49. The molecule has 1 aromatic heterocycles. The first-order chi connectivity index (χ1) is 12.1. The van der Waals surface area contributed by atoms with Crippen LogP contribution < -0.4 is 0 Å². The molecule has 0 bridgehead atoms. The van der Waals surface area contributed by atoms with Crippen LogP contribution in [0.1, 0.15) is 40.7 Å². The predicted molar refractivity (Wildman–Crippen MR) is 97.4 cm³/mol. The summed E-state index contributed by atoms with van der Waals surface area (Å²) in [5.41, 5.74) is 3.65. The summed E-state index contributed by atoms with van der Waals surface area (Å²) in [5.74, 6) is 0.112. The van der Waals surface area contributed by atoms with Crippen molar-refractivity contribution in [2.24, 2.45) is 5.41 Å². The summed E-state index contributed by atoms with van der Waals surface area (Å²) in [5, 5.41) is 0. The molecule has 2 fully saturated rings. The number of rotatable bonds is 3. The predicted octanol–water partition coefficient (Wildman–Crippen LogP) is 3.72. The zero-order valence-corrected chi connectivity index (χ0v) is 14.9. The minimum Gasteiger partial charge on any atom is -0.472 e. The third-order valence-electron chi connectivity index (χ3n) is 5.72. The molecule has 1 unspecified atom stereocenters. The van der Waals surface area contributed by atoms with E-state index < -0.39 is 0 Å². The van der Waals surface area contributed by atoms with Crippen LogP contribution in [0.5, 0.6) is 0 Å². The molecule has 1 atom stereocenters. The molecule has 2 saturated heterocycles. The molecule has 1 aromatic carbocycles. The standard InChI is InChI=1S/C21H26N2O2/c1-17-4-2-5-18(12-17)13-22-9-3-7-21(15-22)8-10-23(16-21)20(24)19-6-11-25-14-19/h2,4-6,11-12,14H,3,7-10,13,15-16H2,1H3. The maximum atomic E-state index is 12.6. The summed E-state index contributed by atoms with van der Waals surface area (Å²) >= 11 is 0. The second-order valence-corrected chi connectivity index (χ2v) is 7.79. The minimum atomic E-state index is 0.112. The monoisotopic (exact) mass is 338 g/mol. The fourth-order valence-corrected chi connectivity index (χ4v) is 4.52. The normalized spacial score (nSPS) is 24.1. The molecule has 0 saturated carbocycles. The van der Waals surface area contributed by atoms with Crippen LogP contribution in [0, 0.1) is 12.3 Å². The van der Waals surface area contributed by atoms with Crippen LogP contribution in [-0.4, -0.2) is 41.9 Å². The largest absolute Gasteiger partial charge is 0.472 e. The average molecular weight is 338 g/mol. The molecule has 3 heterocycles. The lowest BCUT2D eigenvalue weighted by atomic mass is 9.79. The van der Waals surface area contributed by atoms with Gasteiger partial charge in [-0.15, -0.1) is 0 Å². The molecule has 0 radical (unpaired) electrons. The molecule has 4 rings (SSSR count). The second kappa shape index (κ2) is 6.68. The van der Waals surface area contributed by atoms with Crippen molar-refractivity contribution in [1.82, 2.24) is 9.80 Å². The number of hydrogen-bond donors (Lipinski definition) is 0. The van der Waals surface area contributed by atoms with E-state index in [1.807, 2.05) is 4.90 Å². The van der Waals surface area contributed by atoms with Crippen LogP contribution in [0.15, 0.2) is 47.3 Å². The number of amides is 1. The molecular weight excluding hydrogens is 312 g/mol. The molecule has 2 aromatic rings. The van der Waals surface area contributed by atoms with E-state index in [0.29, 0.717) is 5.56 Å². The zero-order chi connectivity index (χ0) is 17.3. The summed E-state index contributed by atoms with van der Waals surface area (Å²) in [4.78, 5) is 17.2.